The minimum absolute atomic E-state index is 0.624. The van der Waals surface area contributed by atoms with Gasteiger partial charge < -0.3 is 4.74 Å². The van der Waals surface area contributed by atoms with Gasteiger partial charge in [-0.3, -0.25) is 0 Å². The van der Waals surface area contributed by atoms with Crippen LogP contribution < -0.4 is 0 Å². The zero-order valence-corrected chi connectivity index (χ0v) is 8.68. The van der Waals surface area contributed by atoms with Crippen LogP contribution in [0.3, 0.4) is 0 Å². The van der Waals surface area contributed by atoms with Gasteiger partial charge in [-0.25, -0.2) is 0 Å². The number of hydrogen-bond donors (Lipinski definition) is 0. The molecule has 1 aliphatic heterocycles. The largest absolute Gasteiger partial charge is 0.373 e. The summed E-state index contributed by atoms with van der Waals surface area (Å²) in [6.07, 6.45) is 6.08. The third-order valence-electron chi connectivity index (χ3n) is 2.55. The van der Waals surface area contributed by atoms with Gasteiger partial charge in [0.1, 0.15) is 0 Å². The molecule has 0 saturated carbocycles. The third-order valence-corrected chi connectivity index (χ3v) is 2.55. The van der Waals surface area contributed by atoms with E-state index < -0.39 is 0 Å². The normalized spacial score (nSPS) is 24.5. The maximum absolute atomic E-state index is 5.21. The van der Waals surface area contributed by atoms with E-state index in [1.54, 1.807) is 0 Å². The van der Waals surface area contributed by atoms with Crippen LogP contribution in [0.1, 0.15) is 46.5 Å². The summed E-state index contributed by atoms with van der Waals surface area (Å²) in [4.78, 5) is 0. The van der Waals surface area contributed by atoms with Crippen molar-refractivity contribution in [2.24, 2.45) is 11.8 Å². The van der Waals surface area contributed by atoms with E-state index in [1.165, 1.54) is 25.7 Å². The summed E-state index contributed by atoms with van der Waals surface area (Å²) in [5, 5.41) is 0. The quantitative estimate of drug-likeness (QED) is 0.557. The first-order chi connectivity index (χ1) is 5.68. The summed E-state index contributed by atoms with van der Waals surface area (Å²) in [6.45, 7) is 7.97. The minimum atomic E-state index is 0.624. The maximum Gasteiger partial charge on any atom is 0.0812 e. The van der Waals surface area contributed by atoms with Crippen molar-refractivity contribution in [2.45, 2.75) is 52.6 Å². The molecule has 0 radical (unpaired) electrons. The van der Waals surface area contributed by atoms with Gasteiger partial charge in [0.15, 0.2) is 0 Å². The van der Waals surface area contributed by atoms with Crippen LogP contribution in [-0.4, -0.2) is 12.7 Å². The Morgan fingerprint density at radius 3 is 2.42 bits per heavy atom. The Morgan fingerprint density at radius 2 is 1.92 bits per heavy atom. The van der Waals surface area contributed by atoms with Crippen molar-refractivity contribution in [2.75, 3.05) is 6.61 Å². The monoisotopic (exact) mass is 170 g/mol. The lowest BCUT2D eigenvalue weighted by atomic mass is 9.96. The molecule has 0 aromatic carbocycles. The molecule has 0 amide bonds. The van der Waals surface area contributed by atoms with Crippen LogP contribution in [-0.2, 0) is 4.74 Å². The van der Waals surface area contributed by atoms with Crippen LogP contribution in [0.5, 0.6) is 0 Å². The van der Waals surface area contributed by atoms with E-state index in [0.717, 1.165) is 18.4 Å². The summed E-state index contributed by atoms with van der Waals surface area (Å²) in [7, 11) is 0. The number of hydrogen-bond acceptors (Lipinski definition) is 1. The molecular weight excluding hydrogens is 148 g/mol. The molecule has 0 spiro atoms. The second-order valence-corrected chi connectivity index (χ2v) is 4.62. The van der Waals surface area contributed by atoms with Crippen molar-refractivity contribution >= 4 is 0 Å². The number of ether oxygens (including phenoxy) is 1. The highest BCUT2D eigenvalue weighted by molar-refractivity contribution is 4.72. The number of rotatable bonds is 6. The SMILES string of the molecule is CC(C)CCC[C@@H](C)C[C@@H]1CO1. The van der Waals surface area contributed by atoms with Crippen molar-refractivity contribution in [3.63, 3.8) is 0 Å². The van der Waals surface area contributed by atoms with Crippen LogP contribution in [0.4, 0.5) is 0 Å². The molecule has 2 atom stereocenters. The summed E-state index contributed by atoms with van der Waals surface area (Å²) in [6, 6.07) is 0. The van der Waals surface area contributed by atoms with Gasteiger partial charge in [0.25, 0.3) is 0 Å². The van der Waals surface area contributed by atoms with Gasteiger partial charge in [-0.05, 0) is 18.3 Å². The lowest BCUT2D eigenvalue weighted by molar-refractivity contribution is 0.345. The molecule has 1 rings (SSSR count). The fraction of sp³-hybridized carbons (Fsp3) is 1.00. The second kappa shape index (κ2) is 4.86. The highest BCUT2D eigenvalue weighted by atomic mass is 16.6. The van der Waals surface area contributed by atoms with Crippen LogP contribution in [0, 0.1) is 11.8 Å². The van der Waals surface area contributed by atoms with Crippen LogP contribution >= 0.6 is 0 Å². The first-order valence-corrected chi connectivity index (χ1v) is 5.30. The Morgan fingerprint density at radius 1 is 1.25 bits per heavy atom. The smallest absolute Gasteiger partial charge is 0.0812 e. The van der Waals surface area contributed by atoms with E-state index in [4.69, 9.17) is 4.74 Å². The Balaban J connectivity index is 1.90. The van der Waals surface area contributed by atoms with E-state index >= 15 is 0 Å². The Kier molecular flexibility index (Phi) is 4.07. The molecule has 1 saturated heterocycles. The van der Waals surface area contributed by atoms with E-state index in [0.29, 0.717) is 6.10 Å². The van der Waals surface area contributed by atoms with E-state index in [2.05, 4.69) is 20.8 Å². The molecule has 1 heterocycles. The molecule has 0 N–H and O–H groups in total. The molecule has 1 heteroatoms. The standard InChI is InChI=1S/C11H22O/c1-9(2)5-4-6-10(3)7-11-8-12-11/h9-11H,4-8H2,1-3H3/t10-,11-/m1/s1. The topological polar surface area (TPSA) is 12.5 Å². The van der Waals surface area contributed by atoms with Crippen LogP contribution in [0.2, 0.25) is 0 Å². The van der Waals surface area contributed by atoms with Gasteiger partial charge >= 0.3 is 0 Å². The molecule has 0 unspecified atom stereocenters. The van der Waals surface area contributed by atoms with Crippen molar-refractivity contribution in [1.82, 2.24) is 0 Å². The summed E-state index contributed by atoms with van der Waals surface area (Å²) in [5.41, 5.74) is 0. The van der Waals surface area contributed by atoms with Crippen LogP contribution in [0.25, 0.3) is 0 Å². The number of epoxide rings is 1. The summed E-state index contributed by atoms with van der Waals surface area (Å²) < 4.78 is 5.21. The molecular formula is C11H22O. The Labute approximate surface area is 76.5 Å². The average molecular weight is 170 g/mol. The predicted octanol–water partition coefficient (Wildman–Crippen LogP) is 3.24. The Hall–Kier alpha value is -0.0400. The van der Waals surface area contributed by atoms with Crippen molar-refractivity contribution in [3.8, 4) is 0 Å². The highest BCUT2D eigenvalue weighted by Gasteiger charge is 2.24. The van der Waals surface area contributed by atoms with E-state index in [1.807, 2.05) is 0 Å². The average Bonchev–Trinajstić information content (AvgIpc) is 2.70. The molecule has 0 aliphatic carbocycles. The summed E-state index contributed by atoms with van der Waals surface area (Å²) >= 11 is 0. The molecule has 72 valence electrons. The van der Waals surface area contributed by atoms with Gasteiger partial charge in [0, 0.05) is 0 Å². The predicted molar refractivity (Wildman–Crippen MR) is 52.2 cm³/mol. The van der Waals surface area contributed by atoms with Gasteiger partial charge in [-0.15, -0.1) is 0 Å². The van der Waals surface area contributed by atoms with Gasteiger partial charge in [0.2, 0.25) is 0 Å². The van der Waals surface area contributed by atoms with Gasteiger partial charge in [0.05, 0.1) is 12.7 Å². The lowest BCUT2D eigenvalue weighted by Crippen LogP contribution is -2.00. The second-order valence-electron chi connectivity index (χ2n) is 4.62. The van der Waals surface area contributed by atoms with Gasteiger partial charge in [-0.1, -0.05) is 40.0 Å². The molecule has 1 aliphatic rings. The van der Waals surface area contributed by atoms with Crippen molar-refractivity contribution in [3.05, 3.63) is 0 Å². The Bertz CT molecular complexity index is 116. The molecule has 0 aromatic heterocycles. The molecule has 12 heavy (non-hydrogen) atoms. The van der Waals surface area contributed by atoms with Crippen molar-refractivity contribution < 1.29 is 4.74 Å². The molecule has 1 nitrogen and oxygen atoms in total. The summed E-state index contributed by atoms with van der Waals surface area (Å²) in [5.74, 6) is 1.74. The lowest BCUT2D eigenvalue weighted by Gasteiger charge is -2.10. The molecule has 0 bridgehead atoms. The maximum atomic E-state index is 5.21. The first kappa shape index (κ1) is 10.0. The zero-order chi connectivity index (χ0) is 8.97. The van der Waals surface area contributed by atoms with Gasteiger partial charge in [-0.2, -0.15) is 0 Å². The van der Waals surface area contributed by atoms with E-state index in [9.17, 15) is 0 Å². The molecule has 0 aromatic rings. The fourth-order valence-corrected chi connectivity index (χ4v) is 1.65. The van der Waals surface area contributed by atoms with Crippen molar-refractivity contribution in [1.29, 1.82) is 0 Å². The zero-order valence-electron chi connectivity index (χ0n) is 8.68. The third kappa shape index (κ3) is 4.76. The molecule has 1 fully saturated rings. The fourth-order valence-electron chi connectivity index (χ4n) is 1.65. The van der Waals surface area contributed by atoms with E-state index in [-0.39, 0.29) is 0 Å². The first-order valence-electron chi connectivity index (χ1n) is 5.30. The minimum Gasteiger partial charge on any atom is -0.373 e. The van der Waals surface area contributed by atoms with Crippen LogP contribution in [0.15, 0.2) is 0 Å². The highest BCUT2D eigenvalue weighted by Crippen LogP contribution is 2.23.